The zero-order valence-electron chi connectivity index (χ0n) is 20.1. The Labute approximate surface area is 190 Å². The highest BCUT2D eigenvalue weighted by Crippen LogP contribution is 2.20. The number of carbonyl (C=O) groups is 1. The van der Waals surface area contributed by atoms with E-state index in [1.54, 1.807) is 0 Å². The van der Waals surface area contributed by atoms with Gasteiger partial charge in [0.15, 0.2) is 0 Å². The van der Waals surface area contributed by atoms with Gasteiger partial charge in [0.2, 0.25) is 0 Å². The molecule has 2 N–H and O–H groups in total. The van der Waals surface area contributed by atoms with Crippen molar-refractivity contribution >= 4 is 6.09 Å². The van der Waals surface area contributed by atoms with Crippen molar-refractivity contribution in [3.63, 3.8) is 0 Å². The second-order valence-electron chi connectivity index (χ2n) is 8.98. The highest BCUT2D eigenvalue weighted by atomic mass is 16.6. The van der Waals surface area contributed by atoms with E-state index in [0.717, 1.165) is 26.1 Å². The molecule has 1 amide bonds. The molecule has 1 rings (SSSR count). The minimum absolute atomic E-state index is 0.0467. The number of hydrogen-bond donors (Lipinski definition) is 2. The third kappa shape index (κ3) is 17.4. The van der Waals surface area contributed by atoms with Crippen LogP contribution in [0.5, 0.6) is 0 Å². The van der Waals surface area contributed by atoms with Gasteiger partial charge in [-0.2, -0.15) is 0 Å². The van der Waals surface area contributed by atoms with Crippen molar-refractivity contribution in [2.24, 2.45) is 5.92 Å². The van der Waals surface area contributed by atoms with E-state index in [-0.39, 0.29) is 25.9 Å². The minimum Gasteiger partial charge on any atom is -0.447 e. The maximum Gasteiger partial charge on any atom is 0.407 e. The van der Waals surface area contributed by atoms with Crippen LogP contribution in [0.2, 0.25) is 0 Å². The second-order valence-corrected chi connectivity index (χ2v) is 8.98. The maximum absolute atomic E-state index is 11.4. The van der Waals surface area contributed by atoms with Gasteiger partial charge in [0.1, 0.15) is 6.61 Å². The molecule has 31 heavy (non-hydrogen) atoms. The van der Waals surface area contributed by atoms with Gasteiger partial charge in [0.25, 0.3) is 0 Å². The van der Waals surface area contributed by atoms with E-state index in [9.17, 15) is 4.79 Å². The van der Waals surface area contributed by atoms with Gasteiger partial charge in [-0.05, 0) is 12.8 Å². The first-order chi connectivity index (χ1) is 15.3. The number of nitrogens with one attached hydrogen (secondary N) is 1. The quantitative estimate of drug-likeness (QED) is 0.226. The summed E-state index contributed by atoms with van der Waals surface area (Å²) in [5, 5.41) is 11.1. The normalized spacial score (nSPS) is 18.4. The highest BCUT2D eigenvalue weighted by molar-refractivity contribution is 5.67. The van der Waals surface area contributed by atoms with Gasteiger partial charge in [-0.25, -0.2) is 4.79 Å². The van der Waals surface area contributed by atoms with Crippen LogP contribution in [-0.2, 0) is 14.2 Å². The molecular formula is C25H49NO5. The predicted molar refractivity (Wildman–Crippen MR) is 125 cm³/mol. The van der Waals surface area contributed by atoms with Crippen molar-refractivity contribution in [1.82, 2.24) is 5.32 Å². The molecule has 0 radical (unpaired) electrons. The van der Waals surface area contributed by atoms with Crippen molar-refractivity contribution in [3.05, 3.63) is 0 Å². The highest BCUT2D eigenvalue weighted by Gasteiger charge is 2.26. The number of aliphatic hydroxyl groups is 1. The number of amides is 1. The molecule has 0 bridgehead atoms. The summed E-state index contributed by atoms with van der Waals surface area (Å²) in [6.45, 7) is 4.88. The molecule has 184 valence electrons. The first-order valence-electron chi connectivity index (χ1n) is 13.0. The molecule has 1 aliphatic heterocycles. The van der Waals surface area contributed by atoms with Crippen molar-refractivity contribution in [3.8, 4) is 0 Å². The van der Waals surface area contributed by atoms with Gasteiger partial charge in [-0.15, -0.1) is 0 Å². The Morgan fingerprint density at radius 1 is 0.903 bits per heavy atom. The lowest BCUT2D eigenvalue weighted by Gasteiger charge is -2.11. The molecule has 0 saturated carbocycles. The number of ether oxygens (including phenoxy) is 3. The molecule has 0 aliphatic carbocycles. The number of carbonyl (C=O) groups excluding carboxylic acids is 1. The lowest BCUT2D eigenvalue weighted by molar-refractivity contribution is 0.0390. The van der Waals surface area contributed by atoms with Gasteiger partial charge >= 0.3 is 6.09 Å². The molecule has 2 atom stereocenters. The Hall–Kier alpha value is -0.850. The van der Waals surface area contributed by atoms with E-state index in [0.29, 0.717) is 12.5 Å². The van der Waals surface area contributed by atoms with E-state index >= 15 is 0 Å². The zero-order valence-corrected chi connectivity index (χ0v) is 20.1. The first kappa shape index (κ1) is 28.2. The molecule has 6 nitrogen and oxygen atoms in total. The standard InChI is InChI=1S/C25H49NO5/c1-2-3-4-5-6-7-8-9-10-11-12-13-14-15-18-29-20-23-19-24(30-21-23)22-31-25(28)26-16-17-27/h23-24,27H,2-22H2,1H3,(H,26,28)/t23-,24-/m1/s1. The van der Waals surface area contributed by atoms with Crippen molar-refractivity contribution in [1.29, 1.82) is 0 Å². The molecule has 1 fully saturated rings. The van der Waals surface area contributed by atoms with E-state index in [2.05, 4.69) is 12.2 Å². The lowest BCUT2D eigenvalue weighted by Crippen LogP contribution is -2.29. The molecule has 0 unspecified atom stereocenters. The van der Waals surface area contributed by atoms with E-state index < -0.39 is 6.09 Å². The van der Waals surface area contributed by atoms with Crippen LogP contribution in [0.15, 0.2) is 0 Å². The number of aliphatic hydroxyl groups excluding tert-OH is 1. The molecule has 6 heteroatoms. The zero-order chi connectivity index (χ0) is 22.4. The molecule has 0 aromatic heterocycles. The Bertz CT molecular complexity index is 407. The monoisotopic (exact) mass is 443 g/mol. The van der Waals surface area contributed by atoms with Crippen LogP contribution in [0.3, 0.4) is 0 Å². The summed E-state index contributed by atoms with van der Waals surface area (Å²) in [5.74, 6) is 0.390. The summed E-state index contributed by atoms with van der Waals surface area (Å²) >= 11 is 0. The summed E-state index contributed by atoms with van der Waals surface area (Å²) < 4.78 is 16.6. The summed E-state index contributed by atoms with van der Waals surface area (Å²) in [6.07, 6.45) is 19.5. The number of rotatable bonds is 21. The molecule has 1 heterocycles. The minimum atomic E-state index is -0.504. The summed E-state index contributed by atoms with van der Waals surface area (Å²) in [6, 6.07) is 0. The molecule has 0 spiro atoms. The fraction of sp³-hybridized carbons (Fsp3) is 0.960. The Balaban J connectivity index is 1.78. The average Bonchev–Trinajstić information content (AvgIpc) is 3.23. The Kier molecular flexibility index (Phi) is 19.1. The molecule has 0 aromatic carbocycles. The Morgan fingerprint density at radius 3 is 2.06 bits per heavy atom. The van der Waals surface area contributed by atoms with E-state index in [1.807, 2.05) is 0 Å². The van der Waals surface area contributed by atoms with Crippen LogP contribution in [0.25, 0.3) is 0 Å². The van der Waals surface area contributed by atoms with Crippen LogP contribution < -0.4 is 5.32 Å². The van der Waals surface area contributed by atoms with Crippen molar-refractivity contribution < 1.29 is 24.1 Å². The van der Waals surface area contributed by atoms with E-state index in [4.69, 9.17) is 19.3 Å². The fourth-order valence-electron chi connectivity index (χ4n) is 4.04. The molecular weight excluding hydrogens is 394 g/mol. The maximum atomic E-state index is 11.4. The SMILES string of the molecule is CCCCCCCCCCCCCCCCOC[C@@H]1CO[C@@H](COC(=O)NCCO)C1. The van der Waals surface area contributed by atoms with Gasteiger partial charge in [0, 0.05) is 19.1 Å². The third-order valence-corrected chi connectivity index (χ3v) is 5.94. The van der Waals surface area contributed by atoms with E-state index in [1.165, 1.54) is 83.5 Å². The molecule has 1 aliphatic rings. The van der Waals surface area contributed by atoms with Crippen LogP contribution in [0, 0.1) is 5.92 Å². The summed E-state index contributed by atoms with van der Waals surface area (Å²) in [4.78, 5) is 11.4. The summed E-state index contributed by atoms with van der Waals surface area (Å²) in [5.41, 5.74) is 0. The second kappa shape index (κ2) is 21.0. The Morgan fingerprint density at radius 2 is 1.48 bits per heavy atom. The predicted octanol–water partition coefficient (Wildman–Crippen LogP) is 5.61. The lowest BCUT2D eigenvalue weighted by atomic mass is 10.0. The summed E-state index contributed by atoms with van der Waals surface area (Å²) in [7, 11) is 0. The van der Waals surface area contributed by atoms with Gasteiger partial charge in [-0.3, -0.25) is 0 Å². The fourth-order valence-corrected chi connectivity index (χ4v) is 4.04. The van der Waals surface area contributed by atoms with Crippen LogP contribution >= 0.6 is 0 Å². The van der Waals surface area contributed by atoms with Gasteiger partial charge < -0.3 is 24.6 Å². The third-order valence-electron chi connectivity index (χ3n) is 5.94. The first-order valence-corrected chi connectivity index (χ1v) is 13.0. The van der Waals surface area contributed by atoms with Crippen LogP contribution in [-0.4, -0.2) is 56.9 Å². The topological polar surface area (TPSA) is 77.0 Å². The molecule has 0 aromatic rings. The largest absolute Gasteiger partial charge is 0.447 e. The van der Waals surface area contributed by atoms with Crippen LogP contribution in [0.1, 0.15) is 103 Å². The van der Waals surface area contributed by atoms with Crippen LogP contribution in [0.4, 0.5) is 4.79 Å². The van der Waals surface area contributed by atoms with Crippen molar-refractivity contribution in [2.45, 2.75) is 109 Å². The number of unbranched alkanes of at least 4 members (excludes halogenated alkanes) is 13. The smallest absolute Gasteiger partial charge is 0.407 e. The van der Waals surface area contributed by atoms with Crippen molar-refractivity contribution in [2.75, 3.05) is 39.6 Å². The number of alkyl carbamates (subject to hydrolysis) is 1. The van der Waals surface area contributed by atoms with Gasteiger partial charge in [0.05, 0.1) is 25.9 Å². The van der Waals surface area contributed by atoms with Gasteiger partial charge in [-0.1, -0.05) is 90.4 Å². The average molecular weight is 444 g/mol. The number of hydrogen-bond acceptors (Lipinski definition) is 5. The molecule has 1 saturated heterocycles.